The Bertz CT molecular complexity index is 1280. The van der Waals surface area contributed by atoms with E-state index in [0.29, 0.717) is 16.6 Å². The van der Waals surface area contributed by atoms with E-state index in [4.69, 9.17) is 0 Å². The van der Waals surface area contributed by atoms with Gasteiger partial charge in [0.1, 0.15) is 0 Å². The molecule has 4 rings (SSSR count). The summed E-state index contributed by atoms with van der Waals surface area (Å²) in [5, 5.41) is 12.9. The molecule has 1 atom stereocenters. The van der Waals surface area contributed by atoms with Crippen molar-refractivity contribution in [2.24, 2.45) is 0 Å². The van der Waals surface area contributed by atoms with E-state index in [1.807, 2.05) is 42.5 Å². The first-order valence-electron chi connectivity index (χ1n) is 12.6. The normalized spacial score (nSPS) is 13.3. The van der Waals surface area contributed by atoms with Gasteiger partial charge in [-0.2, -0.15) is 0 Å². The van der Waals surface area contributed by atoms with Gasteiger partial charge in [0, 0.05) is 27.6 Å². The molecule has 0 fully saturated rings. The van der Waals surface area contributed by atoms with E-state index in [1.54, 1.807) is 0 Å². The van der Waals surface area contributed by atoms with Crippen LogP contribution in [-0.4, -0.2) is 28.9 Å². The Morgan fingerprint density at radius 2 is 1.49 bits per heavy atom. The summed E-state index contributed by atoms with van der Waals surface area (Å²) < 4.78 is 2.53. The van der Waals surface area contributed by atoms with Crippen LogP contribution in [0.5, 0.6) is 0 Å². The molecule has 1 unspecified atom stereocenters. The van der Waals surface area contributed by atoms with Gasteiger partial charge in [-0.3, -0.25) is 10.1 Å². The average Bonchev–Trinajstić information content (AvgIpc) is 3.43. The van der Waals surface area contributed by atoms with Crippen molar-refractivity contribution in [2.75, 3.05) is 6.54 Å². The van der Waals surface area contributed by atoms with Crippen LogP contribution in [0.1, 0.15) is 58.6 Å². The summed E-state index contributed by atoms with van der Waals surface area (Å²) in [7, 11) is -1.89. The SMILES string of the molecule is CC(C)[Si](C(C)C)(C(C)C)n1ccc(-c2[nH]c3ccccc3c2C(C[N+](=O)[O-])c2ccccc2)c1. The molecule has 0 aliphatic heterocycles. The number of benzene rings is 2. The van der Waals surface area contributed by atoms with Crippen LogP contribution in [0.25, 0.3) is 22.2 Å². The molecule has 5 nitrogen and oxygen atoms in total. The third-order valence-electron chi connectivity index (χ3n) is 7.83. The monoisotopic (exact) mass is 487 g/mol. The van der Waals surface area contributed by atoms with Crippen LogP contribution in [0.15, 0.2) is 73.1 Å². The molecule has 0 aliphatic rings. The van der Waals surface area contributed by atoms with Gasteiger partial charge in [-0.05, 0) is 46.1 Å². The Morgan fingerprint density at radius 1 is 0.886 bits per heavy atom. The maximum atomic E-state index is 11.8. The number of hydrogen-bond acceptors (Lipinski definition) is 2. The first-order chi connectivity index (χ1) is 16.7. The van der Waals surface area contributed by atoms with Crippen molar-refractivity contribution in [1.82, 2.24) is 9.22 Å². The highest BCUT2D eigenvalue weighted by Crippen LogP contribution is 2.44. The molecule has 4 aromatic rings. The summed E-state index contributed by atoms with van der Waals surface area (Å²) in [6, 6.07) is 20.2. The first kappa shape index (κ1) is 25.0. The third kappa shape index (κ3) is 4.36. The average molecular weight is 488 g/mol. The molecule has 1 N–H and O–H groups in total. The molecule has 35 heavy (non-hydrogen) atoms. The number of rotatable bonds is 9. The number of hydrogen-bond donors (Lipinski definition) is 1. The second-order valence-electron chi connectivity index (χ2n) is 10.6. The predicted molar refractivity (Wildman–Crippen MR) is 148 cm³/mol. The number of para-hydroxylation sites is 1. The zero-order valence-corrected chi connectivity index (χ0v) is 22.7. The molecular formula is C29H37N3O2Si. The maximum absolute atomic E-state index is 11.8. The molecule has 2 aromatic carbocycles. The fourth-order valence-corrected chi connectivity index (χ4v) is 13.1. The van der Waals surface area contributed by atoms with Gasteiger partial charge in [-0.15, -0.1) is 0 Å². The maximum Gasteiger partial charge on any atom is 0.214 e. The summed E-state index contributed by atoms with van der Waals surface area (Å²) in [6.07, 6.45) is 4.55. The van der Waals surface area contributed by atoms with Crippen LogP contribution in [-0.2, 0) is 0 Å². The number of nitrogens with zero attached hydrogens (tertiary/aromatic N) is 2. The molecule has 6 heteroatoms. The van der Waals surface area contributed by atoms with E-state index in [2.05, 4.69) is 81.4 Å². The lowest BCUT2D eigenvalue weighted by molar-refractivity contribution is -0.481. The summed E-state index contributed by atoms with van der Waals surface area (Å²) in [5.74, 6) is -0.344. The second-order valence-corrected chi connectivity index (χ2v) is 16.4. The molecular weight excluding hydrogens is 450 g/mol. The van der Waals surface area contributed by atoms with Gasteiger partial charge >= 0.3 is 0 Å². The van der Waals surface area contributed by atoms with Crippen LogP contribution in [0.3, 0.4) is 0 Å². The number of nitrogens with one attached hydrogen (secondary N) is 1. The van der Waals surface area contributed by atoms with Crippen molar-refractivity contribution >= 4 is 19.1 Å². The number of aromatic amines is 1. The minimum atomic E-state index is -1.89. The molecule has 0 bridgehead atoms. The van der Waals surface area contributed by atoms with E-state index in [9.17, 15) is 10.1 Å². The molecule has 0 spiro atoms. The van der Waals surface area contributed by atoms with Gasteiger partial charge in [0.15, 0.2) is 8.24 Å². The van der Waals surface area contributed by atoms with E-state index in [-0.39, 0.29) is 17.4 Å². The van der Waals surface area contributed by atoms with Crippen molar-refractivity contribution in [3.63, 3.8) is 0 Å². The topological polar surface area (TPSA) is 63.9 Å². The van der Waals surface area contributed by atoms with Crippen molar-refractivity contribution in [3.8, 4) is 11.3 Å². The number of aromatic nitrogens is 2. The molecule has 184 valence electrons. The zero-order chi connectivity index (χ0) is 25.3. The summed E-state index contributed by atoms with van der Waals surface area (Å²) in [4.78, 5) is 15.3. The number of H-pyrrole nitrogens is 1. The van der Waals surface area contributed by atoms with Gasteiger partial charge in [-0.1, -0.05) is 90.1 Å². The van der Waals surface area contributed by atoms with E-state index < -0.39 is 8.24 Å². The fraction of sp³-hybridized carbons (Fsp3) is 0.379. The van der Waals surface area contributed by atoms with Gasteiger partial charge < -0.3 is 9.22 Å². The molecule has 2 aromatic heterocycles. The lowest BCUT2D eigenvalue weighted by Gasteiger charge is -2.44. The molecule has 0 saturated carbocycles. The van der Waals surface area contributed by atoms with Crippen LogP contribution >= 0.6 is 0 Å². The van der Waals surface area contributed by atoms with Gasteiger partial charge in [0.05, 0.1) is 11.6 Å². The van der Waals surface area contributed by atoms with Gasteiger partial charge in [0.25, 0.3) is 0 Å². The van der Waals surface area contributed by atoms with Gasteiger partial charge in [0.2, 0.25) is 6.54 Å². The highest BCUT2D eigenvalue weighted by Gasteiger charge is 2.45. The highest BCUT2D eigenvalue weighted by atomic mass is 28.3. The minimum absolute atomic E-state index is 0.151. The van der Waals surface area contributed by atoms with Crippen molar-refractivity contribution in [2.45, 2.75) is 64.1 Å². The first-order valence-corrected chi connectivity index (χ1v) is 14.8. The Balaban J connectivity index is 1.95. The largest absolute Gasteiger partial charge is 0.379 e. The summed E-state index contributed by atoms with van der Waals surface area (Å²) >= 11 is 0. The highest BCUT2D eigenvalue weighted by molar-refractivity contribution is 6.82. The van der Waals surface area contributed by atoms with Crippen molar-refractivity contribution < 1.29 is 4.92 Å². The molecule has 0 amide bonds. The quantitative estimate of drug-likeness (QED) is 0.147. The van der Waals surface area contributed by atoms with Crippen LogP contribution in [0.2, 0.25) is 16.6 Å². The lowest BCUT2D eigenvalue weighted by atomic mass is 9.88. The number of fused-ring (bicyclic) bond motifs is 1. The van der Waals surface area contributed by atoms with Crippen LogP contribution in [0, 0.1) is 10.1 Å². The third-order valence-corrected chi connectivity index (χ3v) is 14.6. The smallest absolute Gasteiger partial charge is 0.214 e. The fourth-order valence-electron chi connectivity index (χ4n) is 6.63. The van der Waals surface area contributed by atoms with Crippen LogP contribution in [0.4, 0.5) is 0 Å². The Labute approximate surface area is 209 Å². The second kappa shape index (κ2) is 9.86. The molecule has 0 saturated heterocycles. The molecule has 0 radical (unpaired) electrons. The minimum Gasteiger partial charge on any atom is -0.379 e. The lowest BCUT2D eigenvalue weighted by Crippen LogP contribution is -2.51. The van der Waals surface area contributed by atoms with E-state index in [1.165, 1.54) is 0 Å². The Kier molecular flexibility index (Phi) is 7.04. The van der Waals surface area contributed by atoms with E-state index >= 15 is 0 Å². The Morgan fingerprint density at radius 3 is 2.09 bits per heavy atom. The molecule has 0 aliphatic carbocycles. The standard InChI is InChI=1S/C29H37N3O2Si/c1-20(2)35(21(3)4,22(5)6)31-17-16-24(18-31)29-28(25-14-10-11-15-27(25)30-29)26(19-32(33)34)23-12-8-7-9-13-23/h7-18,20-22,26,30H,19H2,1-6H3. The van der Waals surface area contributed by atoms with Crippen molar-refractivity contribution in [3.05, 3.63) is 94.3 Å². The summed E-state index contributed by atoms with van der Waals surface area (Å²) in [6.45, 7) is 14.0. The Hall–Kier alpha value is -3.12. The number of nitro groups is 1. The predicted octanol–water partition coefficient (Wildman–Crippen LogP) is 8.07. The zero-order valence-electron chi connectivity index (χ0n) is 21.7. The van der Waals surface area contributed by atoms with Gasteiger partial charge in [-0.25, -0.2) is 0 Å². The summed E-state index contributed by atoms with van der Waals surface area (Å²) in [5.41, 5.74) is 6.80. The van der Waals surface area contributed by atoms with E-state index in [0.717, 1.165) is 33.3 Å². The van der Waals surface area contributed by atoms with Crippen molar-refractivity contribution in [1.29, 1.82) is 0 Å². The molecule has 2 heterocycles. The van der Waals surface area contributed by atoms with Crippen LogP contribution < -0.4 is 0 Å².